The highest BCUT2D eigenvalue weighted by molar-refractivity contribution is 5.92. The number of nitrogens with zero attached hydrogens (tertiary/aromatic N) is 2. The van der Waals surface area contributed by atoms with E-state index in [9.17, 15) is 9.59 Å². The van der Waals surface area contributed by atoms with E-state index in [4.69, 9.17) is 4.74 Å². The Morgan fingerprint density at radius 1 is 1.57 bits per heavy atom. The van der Waals surface area contributed by atoms with Gasteiger partial charge in [-0.3, -0.25) is 9.59 Å². The summed E-state index contributed by atoms with van der Waals surface area (Å²) in [5.74, 6) is 0.139. The summed E-state index contributed by atoms with van der Waals surface area (Å²) in [6, 6.07) is 0. The number of hydrogen-bond acceptors (Lipinski definition) is 5. The highest BCUT2D eigenvalue weighted by Gasteiger charge is 2.20. The van der Waals surface area contributed by atoms with Gasteiger partial charge in [-0.2, -0.15) is 0 Å². The van der Waals surface area contributed by atoms with E-state index in [0.717, 1.165) is 0 Å². The van der Waals surface area contributed by atoms with Crippen molar-refractivity contribution in [3.63, 3.8) is 0 Å². The summed E-state index contributed by atoms with van der Waals surface area (Å²) in [5.41, 5.74) is 0.719. The van der Waals surface area contributed by atoms with Crippen molar-refractivity contribution in [3.05, 3.63) is 17.6 Å². The number of ether oxygens (including phenoxy) is 1. The predicted molar refractivity (Wildman–Crippen MR) is 46.2 cm³/mol. The van der Waals surface area contributed by atoms with Gasteiger partial charge in [-0.15, -0.1) is 0 Å². The van der Waals surface area contributed by atoms with E-state index in [1.165, 1.54) is 13.1 Å². The number of rotatable bonds is 1. The summed E-state index contributed by atoms with van der Waals surface area (Å²) in [6.07, 6.45) is 1.56. The van der Waals surface area contributed by atoms with Crippen LogP contribution in [0.25, 0.3) is 0 Å². The fraction of sp³-hybridized carbons (Fsp3) is 0.333. The molecule has 1 aromatic rings. The first-order chi connectivity index (χ1) is 6.66. The molecule has 0 amide bonds. The Labute approximate surface area is 80.1 Å². The molecular weight excluding hydrogens is 184 g/mol. The maximum atomic E-state index is 11.0. The van der Waals surface area contributed by atoms with Crippen molar-refractivity contribution < 1.29 is 14.3 Å². The fourth-order valence-electron chi connectivity index (χ4n) is 1.21. The van der Waals surface area contributed by atoms with Crippen molar-refractivity contribution in [2.75, 3.05) is 6.61 Å². The van der Waals surface area contributed by atoms with Gasteiger partial charge in [0.2, 0.25) is 5.88 Å². The van der Waals surface area contributed by atoms with E-state index >= 15 is 0 Å². The molecule has 0 saturated carbocycles. The minimum atomic E-state index is -0.168. The zero-order valence-corrected chi connectivity index (χ0v) is 7.61. The monoisotopic (exact) mass is 192 g/mol. The number of carbonyl (C=O) groups is 2. The van der Waals surface area contributed by atoms with E-state index < -0.39 is 0 Å². The topological polar surface area (TPSA) is 69.2 Å². The van der Waals surface area contributed by atoms with Crippen LogP contribution in [0.3, 0.4) is 0 Å². The number of fused-ring (bicyclic) bond motifs is 1. The van der Waals surface area contributed by atoms with Gasteiger partial charge >= 0.3 is 0 Å². The first-order valence-corrected chi connectivity index (χ1v) is 4.18. The van der Waals surface area contributed by atoms with E-state index in [0.29, 0.717) is 11.6 Å². The van der Waals surface area contributed by atoms with Crippen LogP contribution >= 0.6 is 0 Å². The van der Waals surface area contributed by atoms with Crippen molar-refractivity contribution in [2.24, 2.45) is 0 Å². The third kappa shape index (κ3) is 1.48. The lowest BCUT2D eigenvalue weighted by Gasteiger charge is -2.13. The zero-order chi connectivity index (χ0) is 10.1. The second-order valence-corrected chi connectivity index (χ2v) is 3.07. The van der Waals surface area contributed by atoms with Crippen LogP contribution in [0.15, 0.2) is 6.20 Å². The molecule has 2 rings (SSSR count). The summed E-state index contributed by atoms with van der Waals surface area (Å²) in [6.45, 7) is 1.45. The minimum Gasteiger partial charge on any atom is -0.468 e. The third-order valence-corrected chi connectivity index (χ3v) is 1.90. The maximum Gasteiger partial charge on any atom is 0.236 e. The molecule has 1 aromatic heterocycles. The first kappa shape index (κ1) is 8.80. The lowest BCUT2D eigenvalue weighted by atomic mass is 10.2. The van der Waals surface area contributed by atoms with Crippen LogP contribution in [0.4, 0.5) is 0 Å². The van der Waals surface area contributed by atoms with Crippen LogP contribution in [-0.4, -0.2) is 28.1 Å². The second-order valence-electron chi connectivity index (χ2n) is 3.07. The average Bonchev–Trinajstić information content (AvgIpc) is 2.16. The second kappa shape index (κ2) is 3.17. The zero-order valence-electron chi connectivity index (χ0n) is 7.61. The molecule has 0 aliphatic carbocycles. The molecule has 2 heterocycles. The van der Waals surface area contributed by atoms with Gasteiger partial charge in [-0.05, 0) is 0 Å². The van der Waals surface area contributed by atoms with Gasteiger partial charge in [0.25, 0.3) is 0 Å². The molecule has 0 bridgehead atoms. The van der Waals surface area contributed by atoms with E-state index in [1.807, 2.05) is 0 Å². The van der Waals surface area contributed by atoms with Crippen LogP contribution in [0.1, 0.15) is 23.1 Å². The number of aromatic nitrogens is 2. The Kier molecular flexibility index (Phi) is 1.99. The molecule has 5 heteroatoms. The lowest BCUT2D eigenvalue weighted by molar-refractivity contribution is -0.121. The van der Waals surface area contributed by atoms with Gasteiger partial charge in [0.1, 0.15) is 18.0 Å². The SMILES string of the molecule is CC(=O)c1cnc2c(n1)CC(=O)CO2. The molecule has 0 aromatic carbocycles. The molecular formula is C9H8N2O3. The molecule has 0 radical (unpaired) electrons. The van der Waals surface area contributed by atoms with Crippen LogP contribution in [0.5, 0.6) is 5.88 Å². The highest BCUT2D eigenvalue weighted by Crippen LogP contribution is 2.18. The van der Waals surface area contributed by atoms with Crippen molar-refractivity contribution in [3.8, 4) is 5.88 Å². The van der Waals surface area contributed by atoms with Crippen molar-refractivity contribution in [1.82, 2.24) is 9.97 Å². The van der Waals surface area contributed by atoms with Gasteiger partial charge in [0, 0.05) is 6.92 Å². The smallest absolute Gasteiger partial charge is 0.236 e. The molecule has 5 nitrogen and oxygen atoms in total. The normalized spacial score (nSPS) is 14.5. The van der Waals surface area contributed by atoms with Crippen molar-refractivity contribution in [2.45, 2.75) is 13.3 Å². The third-order valence-electron chi connectivity index (χ3n) is 1.90. The van der Waals surface area contributed by atoms with Crippen LogP contribution in [-0.2, 0) is 11.2 Å². The van der Waals surface area contributed by atoms with Crippen LogP contribution < -0.4 is 4.74 Å². The molecule has 0 saturated heterocycles. The minimum absolute atomic E-state index is 0.0428. The molecule has 1 aliphatic rings. The van der Waals surface area contributed by atoms with Crippen molar-refractivity contribution >= 4 is 11.6 Å². The molecule has 0 atom stereocenters. The fourth-order valence-corrected chi connectivity index (χ4v) is 1.21. The summed E-state index contributed by atoms with van der Waals surface area (Å²) in [4.78, 5) is 29.9. The summed E-state index contributed by atoms with van der Waals surface area (Å²) in [7, 11) is 0. The molecule has 0 fully saturated rings. The molecule has 14 heavy (non-hydrogen) atoms. The lowest BCUT2D eigenvalue weighted by Crippen LogP contribution is -2.22. The van der Waals surface area contributed by atoms with Gasteiger partial charge in [-0.25, -0.2) is 9.97 Å². The Bertz CT molecular complexity index is 415. The van der Waals surface area contributed by atoms with Gasteiger partial charge < -0.3 is 4.74 Å². The Hall–Kier alpha value is -1.78. The van der Waals surface area contributed by atoms with Crippen LogP contribution in [0, 0.1) is 0 Å². The first-order valence-electron chi connectivity index (χ1n) is 4.18. The van der Waals surface area contributed by atoms with Gasteiger partial charge in [0.15, 0.2) is 11.6 Å². The Balaban J connectivity index is 2.42. The molecule has 1 aliphatic heterocycles. The van der Waals surface area contributed by atoms with Crippen LogP contribution in [0.2, 0.25) is 0 Å². The largest absolute Gasteiger partial charge is 0.468 e. The predicted octanol–water partition coefficient (Wildman–Crippen LogP) is 0.183. The Morgan fingerprint density at radius 3 is 3.07 bits per heavy atom. The quantitative estimate of drug-likeness (QED) is 0.594. The van der Waals surface area contributed by atoms with E-state index in [1.54, 1.807) is 0 Å². The van der Waals surface area contributed by atoms with E-state index in [2.05, 4.69) is 9.97 Å². The average molecular weight is 192 g/mol. The molecule has 0 spiro atoms. The summed E-state index contributed by atoms with van der Waals surface area (Å²) in [5, 5.41) is 0. The molecule has 0 unspecified atom stereocenters. The summed E-state index contributed by atoms with van der Waals surface area (Å²) >= 11 is 0. The number of ketones is 2. The molecule has 0 N–H and O–H groups in total. The number of hydrogen-bond donors (Lipinski definition) is 0. The number of Topliss-reactive ketones (excluding diaryl/α,β-unsaturated/α-hetero) is 2. The van der Waals surface area contributed by atoms with Crippen molar-refractivity contribution in [1.29, 1.82) is 0 Å². The van der Waals surface area contributed by atoms with Gasteiger partial charge in [-0.1, -0.05) is 0 Å². The summed E-state index contributed by atoms with van der Waals surface area (Å²) < 4.78 is 5.04. The van der Waals surface area contributed by atoms with Gasteiger partial charge in [0.05, 0.1) is 12.6 Å². The highest BCUT2D eigenvalue weighted by atomic mass is 16.5. The maximum absolute atomic E-state index is 11.0. The van der Waals surface area contributed by atoms with E-state index in [-0.39, 0.29) is 30.3 Å². The Morgan fingerprint density at radius 2 is 2.36 bits per heavy atom. The standard InChI is InChI=1S/C9H8N2O3/c1-5(12)8-3-10-9-7(11-8)2-6(13)4-14-9/h3H,2,4H2,1H3. The number of carbonyl (C=O) groups excluding carboxylic acids is 2. The molecule has 72 valence electrons.